The minimum absolute atomic E-state index is 0.00600. The van der Waals surface area contributed by atoms with Gasteiger partial charge in [-0.1, -0.05) is 6.92 Å². The Balaban J connectivity index is 2.15. The second kappa shape index (κ2) is 5.98. The van der Waals surface area contributed by atoms with E-state index in [1.54, 1.807) is 0 Å². The fourth-order valence-electron chi connectivity index (χ4n) is 2.19. The quantitative estimate of drug-likeness (QED) is 0.821. The number of aliphatic hydroxyl groups is 1. The van der Waals surface area contributed by atoms with Crippen LogP contribution in [0.5, 0.6) is 0 Å². The van der Waals surface area contributed by atoms with E-state index in [1.807, 2.05) is 31.2 Å². The highest BCUT2D eigenvalue weighted by Gasteiger charge is 2.22. The Labute approximate surface area is 107 Å². The summed E-state index contributed by atoms with van der Waals surface area (Å²) in [5, 5.41) is 9.33. The number of rotatable bonds is 4. The van der Waals surface area contributed by atoms with Gasteiger partial charge in [0.05, 0.1) is 25.9 Å². The molecule has 0 aromatic heterocycles. The number of ketones is 1. The summed E-state index contributed by atoms with van der Waals surface area (Å²) in [6.07, 6.45) is 0.524. The van der Waals surface area contributed by atoms with Crippen LogP contribution in [0.4, 0.5) is 5.69 Å². The van der Waals surface area contributed by atoms with Gasteiger partial charge in [0.1, 0.15) is 0 Å². The Morgan fingerprint density at radius 2 is 2.17 bits per heavy atom. The lowest BCUT2D eigenvalue weighted by atomic mass is 10.1. The molecule has 1 fully saturated rings. The molecule has 98 valence electrons. The van der Waals surface area contributed by atoms with Crippen molar-refractivity contribution < 1.29 is 14.6 Å². The number of carbonyl (C=O) groups excluding carboxylic acids is 1. The van der Waals surface area contributed by atoms with Crippen LogP contribution in [0.1, 0.15) is 23.7 Å². The van der Waals surface area contributed by atoms with E-state index in [1.165, 1.54) is 0 Å². The lowest BCUT2D eigenvalue weighted by molar-refractivity contribution is 0.0727. The summed E-state index contributed by atoms with van der Waals surface area (Å²) in [6, 6.07) is 7.59. The Bertz CT molecular complexity index is 402. The van der Waals surface area contributed by atoms with Gasteiger partial charge in [0.2, 0.25) is 0 Å². The highest BCUT2D eigenvalue weighted by Crippen LogP contribution is 2.20. The van der Waals surface area contributed by atoms with E-state index in [0.29, 0.717) is 19.6 Å². The summed E-state index contributed by atoms with van der Waals surface area (Å²) in [7, 11) is 0. The van der Waals surface area contributed by atoms with E-state index in [0.717, 1.165) is 17.8 Å². The molecule has 0 bridgehead atoms. The molecule has 0 amide bonds. The highest BCUT2D eigenvalue weighted by molar-refractivity contribution is 5.96. The molecule has 1 aromatic carbocycles. The average molecular weight is 249 g/mol. The summed E-state index contributed by atoms with van der Waals surface area (Å²) < 4.78 is 5.35. The second-order valence-corrected chi connectivity index (χ2v) is 4.43. The van der Waals surface area contributed by atoms with Crippen molar-refractivity contribution in [1.82, 2.24) is 0 Å². The summed E-state index contributed by atoms with van der Waals surface area (Å²) >= 11 is 0. The molecule has 1 heterocycles. The number of Topliss-reactive ketones (excluding diaryl/α,β-unsaturated/α-hetero) is 1. The Hall–Kier alpha value is -1.39. The minimum atomic E-state index is 0.00600. The van der Waals surface area contributed by atoms with Crippen molar-refractivity contribution in [2.45, 2.75) is 19.4 Å². The molecule has 1 N–H and O–H groups in total. The van der Waals surface area contributed by atoms with E-state index in [2.05, 4.69) is 4.90 Å². The van der Waals surface area contributed by atoms with Crippen LogP contribution in [-0.2, 0) is 4.74 Å². The van der Waals surface area contributed by atoms with Crippen LogP contribution in [0.25, 0.3) is 0 Å². The molecular formula is C14H19NO3. The molecule has 0 saturated carbocycles. The molecule has 1 atom stereocenters. The monoisotopic (exact) mass is 249 g/mol. The largest absolute Gasteiger partial charge is 0.394 e. The lowest BCUT2D eigenvalue weighted by Crippen LogP contribution is -2.47. The molecule has 18 heavy (non-hydrogen) atoms. The predicted octanol–water partition coefficient (Wildman–Crippen LogP) is 1.48. The van der Waals surface area contributed by atoms with Crippen LogP contribution in [0, 0.1) is 0 Å². The number of anilines is 1. The van der Waals surface area contributed by atoms with Crippen molar-refractivity contribution in [3.63, 3.8) is 0 Å². The van der Waals surface area contributed by atoms with Gasteiger partial charge in [-0.2, -0.15) is 0 Å². The minimum Gasteiger partial charge on any atom is -0.394 e. The molecule has 0 aliphatic carbocycles. The van der Waals surface area contributed by atoms with Crippen molar-refractivity contribution >= 4 is 11.5 Å². The number of morpholine rings is 1. The third-order valence-corrected chi connectivity index (χ3v) is 3.28. The van der Waals surface area contributed by atoms with Crippen molar-refractivity contribution in [3.8, 4) is 0 Å². The predicted molar refractivity (Wildman–Crippen MR) is 70.1 cm³/mol. The summed E-state index contributed by atoms with van der Waals surface area (Å²) in [5.41, 5.74) is 1.78. The number of ether oxygens (including phenoxy) is 1. The van der Waals surface area contributed by atoms with Gasteiger partial charge in [-0.05, 0) is 24.3 Å². The van der Waals surface area contributed by atoms with E-state index in [-0.39, 0.29) is 18.4 Å². The van der Waals surface area contributed by atoms with Gasteiger partial charge >= 0.3 is 0 Å². The number of carbonyl (C=O) groups is 1. The molecule has 1 aliphatic rings. The first kappa shape index (κ1) is 13.1. The topological polar surface area (TPSA) is 49.8 Å². The molecule has 2 rings (SSSR count). The summed E-state index contributed by atoms with van der Waals surface area (Å²) in [6.45, 7) is 3.93. The SMILES string of the molecule is CCC(=O)c1ccc(N2CCOCC2CO)cc1. The van der Waals surface area contributed by atoms with Gasteiger partial charge < -0.3 is 14.7 Å². The number of aliphatic hydroxyl groups excluding tert-OH is 1. The van der Waals surface area contributed by atoms with Gasteiger partial charge in [0, 0.05) is 24.2 Å². The third kappa shape index (κ3) is 2.71. The fraction of sp³-hybridized carbons (Fsp3) is 0.500. The zero-order valence-electron chi connectivity index (χ0n) is 10.6. The molecule has 1 aromatic rings. The number of nitrogens with zero attached hydrogens (tertiary/aromatic N) is 1. The normalized spacial score (nSPS) is 19.9. The van der Waals surface area contributed by atoms with Gasteiger partial charge in [-0.25, -0.2) is 0 Å². The van der Waals surface area contributed by atoms with Crippen LogP contribution in [0.15, 0.2) is 24.3 Å². The second-order valence-electron chi connectivity index (χ2n) is 4.43. The molecule has 1 saturated heterocycles. The standard InChI is InChI=1S/C14H19NO3/c1-2-14(17)11-3-5-12(6-4-11)15-7-8-18-10-13(15)9-16/h3-6,13,16H,2,7-10H2,1H3. The van der Waals surface area contributed by atoms with E-state index < -0.39 is 0 Å². The fourth-order valence-corrected chi connectivity index (χ4v) is 2.19. The first-order valence-corrected chi connectivity index (χ1v) is 6.34. The van der Waals surface area contributed by atoms with Gasteiger partial charge in [0.25, 0.3) is 0 Å². The molecule has 0 radical (unpaired) electrons. The lowest BCUT2D eigenvalue weighted by Gasteiger charge is -2.36. The molecular weight excluding hydrogens is 230 g/mol. The molecule has 1 unspecified atom stereocenters. The number of hydrogen-bond donors (Lipinski definition) is 1. The van der Waals surface area contributed by atoms with Crippen molar-refractivity contribution in [1.29, 1.82) is 0 Å². The van der Waals surface area contributed by atoms with Gasteiger partial charge in [-0.3, -0.25) is 4.79 Å². The van der Waals surface area contributed by atoms with Crippen LogP contribution >= 0.6 is 0 Å². The average Bonchev–Trinajstić information content (AvgIpc) is 2.46. The maximum Gasteiger partial charge on any atom is 0.162 e. The first-order valence-electron chi connectivity index (χ1n) is 6.34. The Kier molecular flexibility index (Phi) is 4.33. The zero-order valence-corrected chi connectivity index (χ0v) is 10.6. The van der Waals surface area contributed by atoms with Gasteiger partial charge in [-0.15, -0.1) is 0 Å². The molecule has 4 nitrogen and oxygen atoms in total. The maximum absolute atomic E-state index is 11.5. The van der Waals surface area contributed by atoms with E-state index in [9.17, 15) is 9.90 Å². The van der Waals surface area contributed by atoms with E-state index >= 15 is 0 Å². The van der Waals surface area contributed by atoms with E-state index in [4.69, 9.17) is 4.74 Å². The molecule has 4 heteroatoms. The zero-order chi connectivity index (χ0) is 13.0. The Morgan fingerprint density at radius 3 is 2.78 bits per heavy atom. The van der Waals surface area contributed by atoms with Crippen molar-refractivity contribution in [3.05, 3.63) is 29.8 Å². The van der Waals surface area contributed by atoms with Crippen molar-refractivity contribution in [2.24, 2.45) is 0 Å². The van der Waals surface area contributed by atoms with Crippen LogP contribution in [0.2, 0.25) is 0 Å². The maximum atomic E-state index is 11.5. The van der Waals surface area contributed by atoms with Crippen LogP contribution < -0.4 is 4.90 Å². The number of benzene rings is 1. The summed E-state index contributed by atoms with van der Waals surface area (Å²) in [4.78, 5) is 13.7. The molecule has 0 spiro atoms. The Morgan fingerprint density at radius 1 is 1.44 bits per heavy atom. The number of hydrogen-bond acceptors (Lipinski definition) is 4. The first-order chi connectivity index (χ1) is 8.76. The van der Waals surface area contributed by atoms with Crippen LogP contribution in [-0.4, -0.2) is 43.3 Å². The smallest absolute Gasteiger partial charge is 0.162 e. The van der Waals surface area contributed by atoms with Crippen molar-refractivity contribution in [2.75, 3.05) is 31.3 Å². The van der Waals surface area contributed by atoms with Gasteiger partial charge in [0.15, 0.2) is 5.78 Å². The van der Waals surface area contributed by atoms with Crippen LogP contribution in [0.3, 0.4) is 0 Å². The summed E-state index contributed by atoms with van der Waals surface area (Å²) in [5.74, 6) is 0.155. The highest BCUT2D eigenvalue weighted by atomic mass is 16.5. The third-order valence-electron chi connectivity index (χ3n) is 3.28. The molecule has 1 aliphatic heterocycles.